The predicted octanol–water partition coefficient (Wildman–Crippen LogP) is -3.31. The topological polar surface area (TPSA) is 201 Å². The molecule has 0 aliphatic heterocycles. The molecule has 0 aromatic rings. The molecule has 12 heteroatoms. The summed E-state index contributed by atoms with van der Waals surface area (Å²) in [5, 5.41) is 32.5. The Labute approximate surface area is 186 Å². The number of rotatable bonds is 8. The molecule has 0 spiro atoms. The monoisotopic (exact) mass is 378 g/mol. The number of hydrogen-bond acceptors (Lipinski definition) is 6. The van der Waals surface area contributed by atoms with Crippen LogP contribution >= 0.6 is 0 Å². The summed E-state index contributed by atoms with van der Waals surface area (Å²) in [4.78, 5) is 39.7. The summed E-state index contributed by atoms with van der Waals surface area (Å²) in [5.74, 6) is -4.39. The maximum absolute atomic E-state index is 9.99. The third-order valence-electron chi connectivity index (χ3n) is 1.97. The molecule has 0 aromatic carbocycles. The van der Waals surface area contributed by atoms with Gasteiger partial charge in [0.05, 0.1) is 0 Å². The van der Waals surface area contributed by atoms with Gasteiger partial charge in [0.25, 0.3) is 0 Å². The van der Waals surface area contributed by atoms with Crippen molar-refractivity contribution < 1.29 is 39.6 Å². The summed E-state index contributed by atoms with van der Waals surface area (Å²) in [5.41, 5.74) is 10.0. The van der Waals surface area contributed by atoms with E-state index in [9.17, 15) is 19.2 Å². The second kappa shape index (κ2) is 17.7. The number of carbonyl (C=O) groups is 4. The van der Waals surface area contributed by atoms with Crippen molar-refractivity contribution in [3.63, 3.8) is 0 Å². The van der Waals surface area contributed by atoms with Crippen molar-refractivity contribution in [2.24, 2.45) is 11.5 Å². The van der Waals surface area contributed by atoms with Crippen molar-refractivity contribution in [3.05, 3.63) is 0 Å². The summed E-state index contributed by atoms with van der Waals surface area (Å²) in [6.45, 7) is 0. The zero-order valence-electron chi connectivity index (χ0n) is 10.6. The van der Waals surface area contributed by atoms with Crippen LogP contribution in [0, 0.1) is 0 Å². The molecule has 0 radical (unpaired) electrons. The molecule has 0 aliphatic carbocycles. The van der Waals surface area contributed by atoms with E-state index in [1.165, 1.54) is 0 Å². The fourth-order valence-corrected chi connectivity index (χ4v) is 0.805. The van der Waals surface area contributed by atoms with Crippen molar-refractivity contribution in [2.75, 3.05) is 0 Å². The minimum atomic E-state index is -1.17. The first-order valence-electron chi connectivity index (χ1n) is 5.48. The van der Waals surface area contributed by atoms with Crippen molar-refractivity contribution >= 4 is 99.4 Å². The van der Waals surface area contributed by atoms with Crippen LogP contribution < -0.4 is 11.5 Å². The van der Waals surface area contributed by atoms with Crippen molar-refractivity contribution in [1.82, 2.24) is 0 Å². The van der Waals surface area contributed by atoms with Crippen molar-refractivity contribution in [1.29, 1.82) is 0 Å². The van der Waals surface area contributed by atoms with Gasteiger partial charge in [0.15, 0.2) is 0 Å². The van der Waals surface area contributed by atoms with Gasteiger partial charge in [-0.25, -0.2) is 0 Å². The molecule has 124 valence electrons. The molecule has 0 rings (SSSR count). The van der Waals surface area contributed by atoms with Gasteiger partial charge < -0.3 is 31.9 Å². The zero-order valence-corrected chi connectivity index (χ0v) is 10.6. The van der Waals surface area contributed by atoms with E-state index in [2.05, 4.69) is 0 Å². The van der Waals surface area contributed by atoms with Crippen LogP contribution in [-0.4, -0.2) is 132 Å². The predicted molar refractivity (Wildman–Crippen MR) is 82.0 cm³/mol. The molecule has 22 heavy (non-hydrogen) atoms. The molecule has 2 atom stereocenters. The fraction of sp³-hybridized carbons (Fsp3) is 0.600. The Morgan fingerprint density at radius 1 is 0.682 bits per heavy atom. The number of nitrogens with two attached hydrogens (primary N) is 2. The molecule has 0 heterocycles. The molecular weight excluding hydrogens is 356 g/mol. The van der Waals surface area contributed by atoms with Crippen molar-refractivity contribution in [2.45, 2.75) is 37.8 Å². The SMILES string of the molecule is N[C@@H](CCC(=O)O)C(=O)O.N[C@@H](CCC(=O)O)C(=O)O.[CaH2].[CaH2]. The number of carboxylic acids is 4. The van der Waals surface area contributed by atoms with E-state index in [1.54, 1.807) is 0 Å². The van der Waals surface area contributed by atoms with Gasteiger partial charge >= 0.3 is 99.4 Å². The van der Waals surface area contributed by atoms with E-state index < -0.39 is 36.0 Å². The van der Waals surface area contributed by atoms with Crippen LogP contribution in [-0.2, 0) is 19.2 Å². The average Bonchev–Trinajstić information content (AvgIpc) is 2.33. The standard InChI is InChI=1S/2C5H9NO4.2Ca.4H/c2*6-3(5(9)10)1-2-4(7)8;;;;;;/h2*3H,1-2,6H2,(H,7,8)(H,9,10);;;;;;/t2*3-;;;;;;/m00....../s1. The molecule has 0 saturated heterocycles. The Bertz CT molecular complexity index is 333. The van der Waals surface area contributed by atoms with Crippen molar-refractivity contribution in [3.8, 4) is 0 Å². The van der Waals surface area contributed by atoms with Gasteiger partial charge in [-0.15, -0.1) is 0 Å². The second-order valence-corrected chi connectivity index (χ2v) is 3.75. The van der Waals surface area contributed by atoms with Gasteiger partial charge in [0.2, 0.25) is 0 Å². The Morgan fingerprint density at radius 3 is 1.05 bits per heavy atom. The molecule has 0 unspecified atom stereocenters. The van der Waals surface area contributed by atoms with Crippen LogP contribution in [0.25, 0.3) is 0 Å². The average molecular weight is 378 g/mol. The Morgan fingerprint density at radius 2 is 0.909 bits per heavy atom. The van der Waals surface area contributed by atoms with Crippen LogP contribution in [0.15, 0.2) is 0 Å². The van der Waals surface area contributed by atoms with E-state index in [0.717, 1.165) is 0 Å². The zero-order chi connectivity index (χ0) is 16.3. The summed E-state index contributed by atoms with van der Waals surface area (Å²) >= 11 is 0. The Hall–Kier alpha value is 0.319. The van der Waals surface area contributed by atoms with Crippen LogP contribution in [0.2, 0.25) is 0 Å². The van der Waals surface area contributed by atoms with E-state index in [4.69, 9.17) is 31.9 Å². The molecular formula is C10H22Ca2N2O8. The van der Waals surface area contributed by atoms with Gasteiger partial charge in [-0.2, -0.15) is 0 Å². The van der Waals surface area contributed by atoms with Crippen LogP contribution in [0.4, 0.5) is 0 Å². The Kier molecular flexibility index (Phi) is 24.3. The van der Waals surface area contributed by atoms with Gasteiger partial charge in [0, 0.05) is 12.8 Å². The summed E-state index contributed by atoms with van der Waals surface area (Å²) in [7, 11) is 0. The molecule has 0 amide bonds. The maximum atomic E-state index is 9.99. The van der Waals surface area contributed by atoms with E-state index in [-0.39, 0.29) is 101 Å². The molecule has 0 saturated carbocycles. The molecule has 0 bridgehead atoms. The number of hydrogen-bond donors (Lipinski definition) is 6. The first-order chi connectivity index (χ1) is 9.07. The van der Waals surface area contributed by atoms with E-state index in [0.29, 0.717) is 0 Å². The minimum absolute atomic E-state index is 0. The molecule has 10 nitrogen and oxygen atoms in total. The Balaban J connectivity index is -0.000000135. The van der Waals surface area contributed by atoms with Gasteiger partial charge in [-0.05, 0) is 12.8 Å². The first kappa shape index (κ1) is 30.2. The van der Waals surface area contributed by atoms with E-state index >= 15 is 0 Å². The molecule has 8 N–H and O–H groups in total. The summed E-state index contributed by atoms with van der Waals surface area (Å²) in [6, 6.07) is -2.12. The molecule has 0 aromatic heterocycles. The number of carboxylic acid groups (broad SMARTS) is 4. The van der Waals surface area contributed by atoms with E-state index in [1.807, 2.05) is 0 Å². The van der Waals surface area contributed by atoms with Gasteiger partial charge in [-0.3, -0.25) is 19.2 Å². The first-order valence-corrected chi connectivity index (χ1v) is 5.48. The second-order valence-electron chi connectivity index (χ2n) is 3.75. The fourth-order valence-electron chi connectivity index (χ4n) is 0.805. The molecule has 0 aliphatic rings. The van der Waals surface area contributed by atoms with Crippen LogP contribution in [0.3, 0.4) is 0 Å². The summed E-state index contributed by atoms with van der Waals surface area (Å²) < 4.78 is 0. The summed E-state index contributed by atoms with van der Waals surface area (Å²) in [6.07, 6.45) is -0.448. The normalized spacial score (nSPS) is 11.4. The van der Waals surface area contributed by atoms with Crippen LogP contribution in [0.5, 0.6) is 0 Å². The van der Waals surface area contributed by atoms with Crippen LogP contribution in [0.1, 0.15) is 25.7 Å². The van der Waals surface area contributed by atoms with Gasteiger partial charge in [0.1, 0.15) is 12.1 Å². The quantitative estimate of drug-likeness (QED) is 0.232. The van der Waals surface area contributed by atoms with Gasteiger partial charge in [-0.1, -0.05) is 0 Å². The third kappa shape index (κ3) is 22.6. The number of aliphatic carboxylic acids is 4. The third-order valence-corrected chi connectivity index (χ3v) is 1.97. The molecule has 0 fully saturated rings.